The summed E-state index contributed by atoms with van der Waals surface area (Å²) < 4.78 is 15.4. The van der Waals surface area contributed by atoms with E-state index < -0.39 is 6.17 Å². The third-order valence-corrected chi connectivity index (χ3v) is 5.65. The minimum Gasteiger partial charge on any atom is -0.320 e. The number of carbonyl (C=O) groups is 1. The number of amides is 1. The van der Waals surface area contributed by atoms with Crippen molar-refractivity contribution in [2.24, 2.45) is 0 Å². The van der Waals surface area contributed by atoms with Crippen molar-refractivity contribution in [1.82, 2.24) is 4.98 Å². The molecule has 4 aromatic carbocycles. The van der Waals surface area contributed by atoms with Crippen molar-refractivity contribution >= 4 is 33.3 Å². The van der Waals surface area contributed by atoms with E-state index in [0.29, 0.717) is 22.3 Å². The maximum Gasteiger partial charge on any atom is 0.256 e. The summed E-state index contributed by atoms with van der Waals surface area (Å²) >= 11 is 0. The zero-order valence-corrected chi connectivity index (χ0v) is 17.3. The molecule has 0 aliphatic carbocycles. The Labute approximate surface area is 185 Å². The summed E-state index contributed by atoms with van der Waals surface area (Å²) in [5.41, 5.74) is 2.91. The lowest BCUT2D eigenvalue weighted by atomic mass is 9.96. The van der Waals surface area contributed by atoms with Gasteiger partial charge in [0.2, 0.25) is 0 Å². The normalized spacial score (nSPS) is 12.0. The number of fused-ring (bicyclic) bond motifs is 2. The van der Waals surface area contributed by atoms with E-state index >= 15 is 4.39 Å². The molecule has 0 saturated heterocycles. The van der Waals surface area contributed by atoms with Crippen molar-refractivity contribution in [2.45, 2.75) is 12.6 Å². The third kappa shape index (κ3) is 3.95. The van der Waals surface area contributed by atoms with E-state index in [9.17, 15) is 4.79 Å². The third-order valence-electron chi connectivity index (χ3n) is 5.65. The van der Waals surface area contributed by atoms with Gasteiger partial charge in [-0.1, -0.05) is 78.9 Å². The standard InChI is InChI=1S/C28H21FN2O/c29-25(18-19-14-15-20-7-1-2-8-22(20)17-19)23-11-3-4-12-24(23)28(32)31-26-13-5-9-21-10-6-16-30-27(21)26/h1-17,25H,18H2,(H,31,32). The van der Waals surface area contributed by atoms with Crippen LogP contribution in [0.4, 0.5) is 10.1 Å². The molecule has 5 aromatic rings. The monoisotopic (exact) mass is 420 g/mol. The number of rotatable bonds is 5. The summed E-state index contributed by atoms with van der Waals surface area (Å²) in [5, 5.41) is 6.04. The number of alkyl halides is 1. The van der Waals surface area contributed by atoms with Crippen molar-refractivity contribution in [2.75, 3.05) is 5.32 Å². The van der Waals surface area contributed by atoms with Gasteiger partial charge in [0, 0.05) is 23.6 Å². The number of aromatic nitrogens is 1. The van der Waals surface area contributed by atoms with Gasteiger partial charge in [0.25, 0.3) is 5.91 Å². The van der Waals surface area contributed by atoms with Crippen LogP contribution >= 0.6 is 0 Å². The first-order valence-electron chi connectivity index (χ1n) is 10.5. The predicted octanol–water partition coefficient (Wildman–Crippen LogP) is 6.89. The van der Waals surface area contributed by atoms with E-state index in [1.807, 2.05) is 66.7 Å². The van der Waals surface area contributed by atoms with Gasteiger partial charge in [-0.25, -0.2) is 4.39 Å². The Morgan fingerprint density at radius 3 is 2.47 bits per heavy atom. The predicted molar refractivity (Wildman–Crippen MR) is 128 cm³/mol. The minimum absolute atomic E-state index is 0.199. The first kappa shape index (κ1) is 19.9. The number of hydrogen-bond donors (Lipinski definition) is 1. The lowest BCUT2D eigenvalue weighted by Gasteiger charge is -2.15. The second-order valence-electron chi connectivity index (χ2n) is 7.78. The number of hydrogen-bond acceptors (Lipinski definition) is 2. The molecule has 4 heteroatoms. The van der Waals surface area contributed by atoms with Crippen LogP contribution in [0.1, 0.15) is 27.7 Å². The van der Waals surface area contributed by atoms with Gasteiger partial charge in [-0.3, -0.25) is 9.78 Å². The molecule has 1 unspecified atom stereocenters. The molecule has 0 fully saturated rings. The molecule has 1 aromatic heterocycles. The van der Waals surface area contributed by atoms with E-state index in [-0.39, 0.29) is 12.3 Å². The molecular weight excluding hydrogens is 399 g/mol. The highest BCUT2D eigenvalue weighted by atomic mass is 19.1. The van der Waals surface area contributed by atoms with E-state index in [0.717, 1.165) is 21.7 Å². The summed E-state index contributed by atoms with van der Waals surface area (Å²) in [6.45, 7) is 0. The highest BCUT2D eigenvalue weighted by Gasteiger charge is 2.20. The number of para-hydroxylation sites is 1. The Morgan fingerprint density at radius 1 is 0.812 bits per heavy atom. The van der Waals surface area contributed by atoms with Gasteiger partial charge in [-0.05, 0) is 40.1 Å². The molecular formula is C28H21FN2O. The van der Waals surface area contributed by atoms with Crippen LogP contribution in [0.2, 0.25) is 0 Å². The summed E-state index contributed by atoms with van der Waals surface area (Å²) in [6, 6.07) is 30.2. The number of halogens is 1. The van der Waals surface area contributed by atoms with E-state index in [1.54, 1.807) is 36.5 Å². The number of anilines is 1. The van der Waals surface area contributed by atoms with Crippen molar-refractivity contribution < 1.29 is 9.18 Å². The second-order valence-corrected chi connectivity index (χ2v) is 7.78. The SMILES string of the molecule is O=C(Nc1cccc2cccnc12)c1ccccc1C(F)Cc1ccc2ccccc2c1. The lowest BCUT2D eigenvalue weighted by molar-refractivity contribution is 0.102. The van der Waals surface area contributed by atoms with Crippen LogP contribution in [0.25, 0.3) is 21.7 Å². The zero-order valence-electron chi connectivity index (χ0n) is 17.3. The van der Waals surface area contributed by atoms with Gasteiger partial charge in [0.15, 0.2) is 0 Å². The largest absolute Gasteiger partial charge is 0.320 e. The van der Waals surface area contributed by atoms with Crippen LogP contribution in [-0.2, 0) is 6.42 Å². The Bertz CT molecular complexity index is 1420. The molecule has 1 N–H and O–H groups in total. The van der Waals surface area contributed by atoms with Gasteiger partial charge in [-0.2, -0.15) is 0 Å². The average Bonchev–Trinajstić information content (AvgIpc) is 2.84. The van der Waals surface area contributed by atoms with Crippen LogP contribution < -0.4 is 5.32 Å². The van der Waals surface area contributed by atoms with Gasteiger partial charge in [-0.15, -0.1) is 0 Å². The molecule has 0 radical (unpaired) electrons. The molecule has 1 atom stereocenters. The fourth-order valence-electron chi connectivity index (χ4n) is 4.05. The highest BCUT2D eigenvalue weighted by Crippen LogP contribution is 2.28. The quantitative estimate of drug-likeness (QED) is 0.336. The van der Waals surface area contributed by atoms with Crippen LogP contribution in [0.3, 0.4) is 0 Å². The molecule has 0 aliphatic rings. The highest BCUT2D eigenvalue weighted by molar-refractivity contribution is 6.09. The molecule has 0 bridgehead atoms. The molecule has 3 nitrogen and oxygen atoms in total. The van der Waals surface area contributed by atoms with Crippen molar-refractivity contribution in [3.05, 3.63) is 120 Å². The van der Waals surface area contributed by atoms with E-state index in [2.05, 4.69) is 10.3 Å². The molecule has 156 valence electrons. The Morgan fingerprint density at radius 2 is 1.56 bits per heavy atom. The molecule has 1 heterocycles. The summed E-state index contributed by atoms with van der Waals surface area (Å²) in [6.07, 6.45) is 0.585. The Kier molecular flexibility index (Phi) is 5.34. The van der Waals surface area contributed by atoms with Crippen LogP contribution in [0, 0.1) is 0 Å². The average molecular weight is 420 g/mol. The first-order chi connectivity index (χ1) is 15.7. The van der Waals surface area contributed by atoms with Crippen LogP contribution in [-0.4, -0.2) is 10.9 Å². The summed E-state index contributed by atoms with van der Waals surface area (Å²) in [7, 11) is 0. The minimum atomic E-state index is -1.30. The van der Waals surface area contributed by atoms with Crippen LogP contribution in [0.5, 0.6) is 0 Å². The molecule has 0 spiro atoms. The maximum absolute atomic E-state index is 15.4. The lowest BCUT2D eigenvalue weighted by Crippen LogP contribution is -2.16. The van der Waals surface area contributed by atoms with Gasteiger partial charge in [0.05, 0.1) is 11.2 Å². The van der Waals surface area contributed by atoms with Crippen molar-refractivity contribution in [3.8, 4) is 0 Å². The molecule has 0 aliphatic heterocycles. The Hall–Kier alpha value is -4.05. The van der Waals surface area contributed by atoms with E-state index in [4.69, 9.17) is 0 Å². The topological polar surface area (TPSA) is 42.0 Å². The van der Waals surface area contributed by atoms with Gasteiger partial charge >= 0.3 is 0 Å². The van der Waals surface area contributed by atoms with Crippen molar-refractivity contribution in [3.63, 3.8) is 0 Å². The smallest absolute Gasteiger partial charge is 0.256 e. The number of nitrogens with one attached hydrogen (secondary N) is 1. The number of carbonyl (C=O) groups excluding carboxylic acids is 1. The van der Waals surface area contributed by atoms with E-state index in [1.165, 1.54) is 0 Å². The first-order valence-corrected chi connectivity index (χ1v) is 10.5. The molecule has 32 heavy (non-hydrogen) atoms. The van der Waals surface area contributed by atoms with Crippen molar-refractivity contribution in [1.29, 1.82) is 0 Å². The number of nitrogens with zero attached hydrogens (tertiary/aromatic N) is 1. The fraction of sp³-hybridized carbons (Fsp3) is 0.0714. The molecule has 5 rings (SSSR count). The summed E-state index contributed by atoms with van der Waals surface area (Å²) in [5.74, 6) is -0.347. The molecule has 1 amide bonds. The molecule has 0 saturated carbocycles. The van der Waals surface area contributed by atoms with Gasteiger partial charge in [0.1, 0.15) is 6.17 Å². The fourth-order valence-corrected chi connectivity index (χ4v) is 4.05. The second kappa shape index (κ2) is 8.60. The Balaban J connectivity index is 1.41. The number of pyridine rings is 1. The zero-order chi connectivity index (χ0) is 21.9. The maximum atomic E-state index is 15.4. The van der Waals surface area contributed by atoms with Gasteiger partial charge < -0.3 is 5.32 Å². The van der Waals surface area contributed by atoms with Crippen LogP contribution in [0.15, 0.2) is 103 Å². The summed E-state index contributed by atoms with van der Waals surface area (Å²) in [4.78, 5) is 17.5. The number of benzene rings is 4.